The minimum absolute atomic E-state index is 0.0766. The third-order valence-corrected chi connectivity index (χ3v) is 2.06. The van der Waals surface area contributed by atoms with Gasteiger partial charge in [0.1, 0.15) is 5.58 Å². The van der Waals surface area contributed by atoms with Gasteiger partial charge in [-0.2, -0.15) is 0 Å². The molecule has 0 N–H and O–H groups in total. The van der Waals surface area contributed by atoms with Gasteiger partial charge in [0, 0.05) is 17.3 Å². The fourth-order valence-corrected chi connectivity index (χ4v) is 1.37. The van der Waals surface area contributed by atoms with Crippen LogP contribution in [0, 0.1) is 0 Å². The Balaban J connectivity index is 2.68. The van der Waals surface area contributed by atoms with E-state index in [4.69, 9.17) is 16.0 Å². The molecule has 0 saturated heterocycles. The maximum atomic E-state index is 11.0. The highest BCUT2D eigenvalue weighted by atomic mass is 35.5. The molecule has 1 heterocycles. The average Bonchev–Trinajstić information content (AvgIpc) is 2.46. The van der Waals surface area contributed by atoms with Gasteiger partial charge in [0.2, 0.25) is 0 Å². The lowest BCUT2D eigenvalue weighted by molar-refractivity contribution is 0.0989. The van der Waals surface area contributed by atoms with E-state index < -0.39 is 0 Å². The molecular formula is C10H7ClO2. The Labute approximate surface area is 80.1 Å². The molecule has 0 aliphatic carbocycles. The van der Waals surface area contributed by atoms with Crippen molar-refractivity contribution in [3.8, 4) is 0 Å². The number of hydrogen-bond donors (Lipinski definition) is 0. The zero-order chi connectivity index (χ0) is 9.42. The number of Topliss-reactive ketones (excluding diaryl/α,β-unsaturated/α-hetero) is 1. The normalized spacial score (nSPS) is 10.6. The molecule has 0 saturated carbocycles. The Morgan fingerprint density at radius 3 is 2.85 bits per heavy atom. The highest BCUT2D eigenvalue weighted by Crippen LogP contribution is 2.22. The molecule has 2 aromatic rings. The van der Waals surface area contributed by atoms with E-state index in [2.05, 4.69) is 0 Å². The molecule has 0 bridgehead atoms. The van der Waals surface area contributed by atoms with Crippen molar-refractivity contribution in [2.24, 2.45) is 0 Å². The smallest absolute Gasteiger partial charge is 0.194 e. The molecule has 66 valence electrons. The van der Waals surface area contributed by atoms with E-state index in [1.54, 1.807) is 24.3 Å². The topological polar surface area (TPSA) is 30.2 Å². The monoisotopic (exact) mass is 194 g/mol. The number of ketones is 1. The summed E-state index contributed by atoms with van der Waals surface area (Å²) < 4.78 is 5.28. The summed E-state index contributed by atoms with van der Waals surface area (Å²) in [6.45, 7) is 1.47. The van der Waals surface area contributed by atoms with Crippen LogP contribution in [0.25, 0.3) is 11.0 Å². The first-order valence-corrected chi connectivity index (χ1v) is 4.24. The quantitative estimate of drug-likeness (QED) is 0.652. The molecule has 0 unspecified atom stereocenters. The molecule has 13 heavy (non-hydrogen) atoms. The van der Waals surface area contributed by atoms with Crippen molar-refractivity contribution in [2.75, 3.05) is 0 Å². The zero-order valence-electron chi connectivity index (χ0n) is 7.00. The predicted octanol–water partition coefficient (Wildman–Crippen LogP) is 3.29. The van der Waals surface area contributed by atoms with Crippen molar-refractivity contribution in [3.63, 3.8) is 0 Å². The number of fused-ring (bicyclic) bond motifs is 1. The van der Waals surface area contributed by atoms with Crippen LogP contribution in [0.2, 0.25) is 5.02 Å². The van der Waals surface area contributed by atoms with Crippen LogP contribution in [0.1, 0.15) is 17.5 Å². The number of hydrogen-bond acceptors (Lipinski definition) is 2. The molecule has 0 aliphatic rings. The molecule has 1 aromatic heterocycles. The van der Waals surface area contributed by atoms with Gasteiger partial charge in [-0.1, -0.05) is 11.6 Å². The van der Waals surface area contributed by atoms with Gasteiger partial charge in [0.15, 0.2) is 11.5 Å². The number of furan rings is 1. The number of rotatable bonds is 1. The van der Waals surface area contributed by atoms with Gasteiger partial charge in [-0.25, -0.2) is 0 Å². The van der Waals surface area contributed by atoms with Gasteiger partial charge in [-0.15, -0.1) is 0 Å². The first-order chi connectivity index (χ1) is 6.16. The van der Waals surface area contributed by atoms with E-state index in [1.165, 1.54) is 6.92 Å². The molecule has 0 amide bonds. The van der Waals surface area contributed by atoms with E-state index in [1.807, 2.05) is 0 Å². The molecule has 1 aromatic carbocycles. The molecular weight excluding hydrogens is 188 g/mol. The molecule has 0 aliphatic heterocycles. The fourth-order valence-electron chi connectivity index (χ4n) is 1.19. The van der Waals surface area contributed by atoms with Crippen molar-refractivity contribution in [1.82, 2.24) is 0 Å². The minimum atomic E-state index is -0.0766. The minimum Gasteiger partial charge on any atom is -0.453 e. The maximum Gasteiger partial charge on any atom is 0.194 e. The lowest BCUT2D eigenvalue weighted by Crippen LogP contribution is -1.85. The predicted molar refractivity (Wildman–Crippen MR) is 51.2 cm³/mol. The SMILES string of the molecule is CC(=O)c1cc2cc(Cl)ccc2o1. The summed E-state index contributed by atoms with van der Waals surface area (Å²) >= 11 is 5.78. The summed E-state index contributed by atoms with van der Waals surface area (Å²) in [5.74, 6) is 0.296. The molecule has 2 nitrogen and oxygen atoms in total. The average molecular weight is 195 g/mol. The van der Waals surface area contributed by atoms with Crippen LogP contribution in [0.3, 0.4) is 0 Å². The van der Waals surface area contributed by atoms with Crippen molar-refractivity contribution >= 4 is 28.4 Å². The van der Waals surface area contributed by atoms with Gasteiger partial charge in [0.05, 0.1) is 0 Å². The Hall–Kier alpha value is -1.28. The zero-order valence-corrected chi connectivity index (χ0v) is 7.76. The summed E-state index contributed by atoms with van der Waals surface area (Å²) in [5, 5.41) is 1.50. The Morgan fingerprint density at radius 2 is 2.15 bits per heavy atom. The van der Waals surface area contributed by atoms with Crippen LogP contribution < -0.4 is 0 Å². The van der Waals surface area contributed by atoms with E-state index in [9.17, 15) is 4.79 Å². The number of benzene rings is 1. The van der Waals surface area contributed by atoms with Gasteiger partial charge in [-0.05, 0) is 24.3 Å². The summed E-state index contributed by atoms with van der Waals surface area (Å²) in [4.78, 5) is 11.0. The Kier molecular flexibility index (Phi) is 1.85. The largest absolute Gasteiger partial charge is 0.453 e. The standard InChI is InChI=1S/C10H7ClO2/c1-6(12)10-5-7-4-8(11)2-3-9(7)13-10/h2-5H,1H3. The van der Waals surface area contributed by atoms with Crippen LogP contribution in [0.15, 0.2) is 28.7 Å². The Bertz CT molecular complexity index is 471. The number of carbonyl (C=O) groups excluding carboxylic acids is 1. The molecule has 0 spiro atoms. The van der Waals surface area contributed by atoms with Crippen molar-refractivity contribution < 1.29 is 9.21 Å². The first-order valence-electron chi connectivity index (χ1n) is 3.87. The third kappa shape index (κ3) is 1.45. The third-order valence-electron chi connectivity index (χ3n) is 1.83. The van der Waals surface area contributed by atoms with Gasteiger partial charge in [0.25, 0.3) is 0 Å². The second-order valence-electron chi connectivity index (χ2n) is 2.85. The first kappa shape index (κ1) is 8.32. The summed E-state index contributed by atoms with van der Waals surface area (Å²) in [7, 11) is 0. The highest BCUT2D eigenvalue weighted by molar-refractivity contribution is 6.31. The van der Waals surface area contributed by atoms with Crippen molar-refractivity contribution in [3.05, 3.63) is 35.0 Å². The molecule has 3 heteroatoms. The maximum absolute atomic E-state index is 11.0. The van der Waals surface area contributed by atoms with Crippen LogP contribution in [-0.4, -0.2) is 5.78 Å². The Morgan fingerprint density at radius 1 is 1.38 bits per heavy atom. The van der Waals surface area contributed by atoms with Crippen molar-refractivity contribution in [2.45, 2.75) is 6.92 Å². The lowest BCUT2D eigenvalue weighted by Gasteiger charge is -1.87. The van der Waals surface area contributed by atoms with Crippen LogP contribution in [0.5, 0.6) is 0 Å². The summed E-state index contributed by atoms with van der Waals surface area (Å²) in [6, 6.07) is 6.96. The number of carbonyl (C=O) groups is 1. The van der Waals surface area contributed by atoms with Crippen LogP contribution >= 0.6 is 11.6 Å². The fraction of sp³-hybridized carbons (Fsp3) is 0.100. The summed E-state index contributed by atoms with van der Waals surface area (Å²) in [5.41, 5.74) is 0.689. The lowest BCUT2D eigenvalue weighted by atomic mass is 10.2. The van der Waals surface area contributed by atoms with E-state index in [0.29, 0.717) is 16.4 Å². The molecule has 0 radical (unpaired) electrons. The summed E-state index contributed by atoms with van der Waals surface area (Å²) in [6.07, 6.45) is 0. The van der Waals surface area contributed by atoms with Gasteiger partial charge < -0.3 is 4.42 Å². The van der Waals surface area contributed by atoms with Gasteiger partial charge in [-0.3, -0.25) is 4.79 Å². The van der Waals surface area contributed by atoms with E-state index >= 15 is 0 Å². The second-order valence-corrected chi connectivity index (χ2v) is 3.29. The van der Waals surface area contributed by atoms with Crippen molar-refractivity contribution in [1.29, 1.82) is 0 Å². The van der Waals surface area contributed by atoms with E-state index in [0.717, 1.165) is 5.39 Å². The van der Waals surface area contributed by atoms with Crippen LogP contribution in [-0.2, 0) is 0 Å². The van der Waals surface area contributed by atoms with Crippen LogP contribution in [0.4, 0.5) is 0 Å². The number of halogens is 1. The van der Waals surface area contributed by atoms with E-state index in [-0.39, 0.29) is 5.78 Å². The van der Waals surface area contributed by atoms with Gasteiger partial charge >= 0.3 is 0 Å². The molecule has 2 rings (SSSR count). The molecule has 0 fully saturated rings. The highest BCUT2D eigenvalue weighted by Gasteiger charge is 2.07. The molecule has 0 atom stereocenters. The second kappa shape index (κ2) is 2.89.